The molecule has 0 saturated heterocycles. The van der Waals surface area contributed by atoms with Crippen LogP contribution in [-0.4, -0.2) is 16.8 Å². The minimum Gasteiger partial charge on any atom is -0.504 e. The Morgan fingerprint density at radius 2 is 1.10 bits per heavy atom. The maximum atomic E-state index is 10.6. The lowest BCUT2D eigenvalue weighted by Crippen LogP contribution is -2.05. The summed E-state index contributed by atoms with van der Waals surface area (Å²) in [7, 11) is 0. The van der Waals surface area contributed by atoms with Crippen LogP contribution in [0.4, 0.5) is 0 Å². The number of unbranched alkanes of at least 4 members (excludes halogenated alkanes) is 13. The van der Waals surface area contributed by atoms with Crippen LogP contribution in [0.2, 0.25) is 0 Å². The van der Waals surface area contributed by atoms with Crippen LogP contribution < -0.4 is 4.74 Å². The molecule has 0 fully saturated rings. The molecule has 0 aromatic heterocycles. The van der Waals surface area contributed by atoms with Gasteiger partial charge in [0.2, 0.25) is 5.75 Å². The smallest absolute Gasteiger partial charge is 0.200 e. The van der Waals surface area contributed by atoms with Crippen molar-refractivity contribution in [3.05, 3.63) is 17.2 Å². The van der Waals surface area contributed by atoms with Gasteiger partial charge in [-0.25, -0.2) is 0 Å². The standard InChI is InChI=1S/C28H50O3/c1-4-7-10-13-16-19-22-31-28-25(21-18-15-12-9-6-3)24(23-26(29)27(28)30)20-17-14-11-8-5-2/h23,29-30H,4-22H2,1-3H3. The molecule has 31 heavy (non-hydrogen) atoms. The number of rotatable bonds is 20. The predicted octanol–water partition coefficient (Wildman–Crippen LogP) is 8.86. The first kappa shape index (κ1) is 27.7. The monoisotopic (exact) mass is 434 g/mol. The van der Waals surface area contributed by atoms with Crippen molar-refractivity contribution in [2.45, 2.75) is 136 Å². The summed E-state index contributed by atoms with van der Waals surface area (Å²) in [6, 6.07) is 1.79. The Balaban J connectivity index is 2.78. The summed E-state index contributed by atoms with van der Waals surface area (Å²) in [5.74, 6) is 0.452. The van der Waals surface area contributed by atoms with Gasteiger partial charge >= 0.3 is 0 Å². The second kappa shape index (κ2) is 18.2. The highest BCUT2D eigenvalue weighted by molar-refractivity contribution is 5.58. The molecule has 0 aliphatic carbocycles. The van der Waals surface area contributed by atoms with Crippen molar-refractivity contribution in [1.82, 2.24) is 0 Å². The first-order chi connectivity index (χ1) is 15.2. The lowest BCUT2D eigenvalue weighted by Gasteiger charge is -2.18. The summed E-state index contributed by atoms with van der Waals surface area (Å²) in [5, 5.41) is 20.9. The Kier molecular flexibility index (Phi) is 16.3. The van der Waals surface area contributed by atoms with Crippen LogP contribution in [0.3, 0.4) is 0 Å². The summed E-state index contributed by atoms with van der Waals surface area (Å²) >= 11 is 0. The number of aryl methyl sites for hydroxylation is 1. The molecule has 0 radical (unpaired) electrons. The zero-order chi connectivity index (χ0) is 22.7. The van der Waals surface area contributed by atoms with Crippen LogP contribution >= 0.6 is 0 Å². The summed E-state index contributed by atoms with van der Waals surface area (Å²) in [6.45, 7) is 7.33. The number of phenols is 2. The van der Waals surface area contributed by atoms with E-state index < -0.39 is 0 Å². The van der Waals surface area contributed by atoms with Crippen LogP contribution in [0.25, 0.3) is 0 Å². The minimum atomic E-state index is -0.0655. The van der Waals surface area contributed by atoms with Crippen molar-refractivity contribution in [2.75, 3.05) is 6.61 Å². The number of benzene rings is 1. The van der Waals surface area contributed by atoms with Crippen LogP contribution in [0.15, 0.2) is 6.07 Å². The lowest BCUT2D eigenvalue weighted by atomic mass is 9.94. The van der Waals surface area contributed by atoms with Crippen molar-refractivity contribution in [3.8, 4) is 17.2 Å². The number of aromatic hydroxyl groups is 2. The normalized spacial score (nSPS) is 11.2. The van der Waals surface area contributed by atoms with Crippen LogP contribution in [0.5, 0.6) is 17.2 Å². The van der Waals surface area contributed by atoms with Crippen molar-refractivity contribution < 1.29 is 14.9 Å². The zero-order valence-corrected chi connectivity index (χ0v) is 20.8. The Labute approximate surface area is 192 Å². The van der Waals surface area contributed by atoms with Crippen molar-refractivity contribution >= 4 is 0 Å². The first-order valence-electron chi connectivity index (χ1n) is 13.3. The molecular weight excluding hydrogens is 384 g/mol. The Bertz CT molecular complexity index is 568. The van der Waals surface area contributed by atoms with E-state index in [1.165, 1.54) is 82.6 Å². The molecule has 0 saturated carbocycles. The Morgan fingerprint density at radius 3 is 1.68 bits per heavy atom. The van der Waals surface area contributed by atoms with E-state index in [0.29, 0.717) is 12.4 Å². The molecule has 3 nitrogen and oxygen atoms in total. The molecular formula is C28H50O3. The number of ether oxygens (including phenoxy) is 1. The molecule has 0 heterocycles. The maximum absolute atomic E-state index is 10.6. The van der Waals surface area contributed by atoms with E-state index in [-0.39, 0.29) is 11.5 Å². The Morgan fingerprint density at radius 1 is 0.613 bits per heavy atom. The fraction of sp³-hybridized carbons (Fsp3) is 0.786. The molecule has 0 spiro atoms. The summed E-state index contributed by atoms with van der Waals surface area (Å²) in [6.07, 6.45) is 21.4. The first-order valence-corrected chi connectivity index (χ1v) is 13.3. The Hall–Kier alpha value is -1.38. The van der Waals surface area contributed by atoms with E-state index in [9.17, 15) is 10.2 Å². The largest absolute Gasteiger partial charge is 0.504 e. The molecule has 3 heteroatoms. The van der Waals surface area contributed by atoms with Gasteiger partial charge in [0.05, 0.1) is 6.61 Å². The molecule has 1 aromatic carbocycles. The summed E-state index contributed by atoms with van der Waals surface area (Å²) in [5.41, 5.74) is 2.30. The van der Waals surface area contributed by atoms with Gasteiger partial charge in [0.1, 0.15) is 0 Å². The van der Waals surface area contributed by atoms with E-state index in [1.807, 2.05) is 0 Å². The zero-order valence-electron chi connectivity index (χ0n) is 20.8. The lowest BCUT2D eigenvalue weighted by molar-refractivity contribution is 0.279. The minimum absolute atomic E-state index is 0.0313. The number of hydrogen-bond acceptors (Lipinski definition) is 3. The van der Waals surface area contributed by atoms with E-state index in [4.69, 9.17) is 4.74 Å². The molecule has 180 valence electrons. The van der Waals surface area contributed by atoms with E-state index in [0.717, 1.165) is 44.1 Å². The predicted molar refractivity (Wildman–Crippen MR) is 134 cm³/mol. The van der Waals surface area contributed by atoms with Gasteiger partial charge in [0.25, 0.3) is 0 Å². The molecule has 0 bridgehead atoms. The third kappa shape index (κ3) is 11.7. The molecule has 0 atom stereocenters. The summed E-state index contributed by atoms with van der Waals surface area (Å²) < 4.78 is 6.11. The second-order valence-electron chi connectivity index (χ2n) is 9.16. The molecule has 1 aromatic rings. The average Bonchev–Trinajstić information content (AvgIpc) is 2.77. The average molecular weight is 435 g/mol. The topological polar surface area (TPSA) is 49.7 Å². The molecule has 1 rings (SSSR count). The van der Waals surface area contributed by atoms with Crippen LogP contribution in [-0.2, 0) is 12.8 Å². The maximum Gasteiger partial charge on any atom is 0.200 e. The van der Waals surface area contributed by atoms with E-state index >= 15 is 0 Å². The molecule has 0 aliphatic rings. The third-order valence-electron chi connectivity index (χ3n) is 6.25. The van der Waals surface area contributed by atoms with Crippen LogP contribution in [0.1, 0.15) is 135 Å². The highest BCUT2D eigenvalue weighted by Gasteiger charge is 2.18. The molecule has 0 amide bonds. The van der Waals surface area contributed by atoms with Crippen molar-refractivity contribution in [3.63, 3.8) is 0 Å². The van der Waals surface area contributed by atoms with Gasteiger partial charge in [-0.05, 0) is 43.7 Å². The molecule has 0 aliphatic heterocycles. The SMILES string of the molecule is CCCCCCCCOc1c(O)c(O)cc(CCCCCCC)c1CCCCCCC. The molecule has 2 N–H and O–H groups in total. The summed E-state index contributed by atoms with van der Waals surface area (Å²) in [4.78, 5) is 0. The van der Waals surface area contributed by atoms with Gasteiger partial charge in [-0.15, -0.1) is 0 Å². The van der Waals surface area contributed by atoms with Crippen molar-refractivity contribution in [1.29, 1.82) is 0 Å². The second-order valence-corrected chi connectivity index (χ2v) is 9.16. The van der Waals surface area contributed by atoms with E-state index in [2.05, 4.69) is 20.8 Å². The number of phenolic OH excluding ortho intramolecular Hbond substituents is 2. The van der Waals surface area contributed by atoms with E-state index in [1.54, 1.807) is 6.07 Å². The van der Waals surface area contributed by atoms with Gasteiger partial charge in [-0.1, -0.05) is 104 Å². The van der Waals surface area contributed by atoms with Gasteiger partial charge in [-0.3, -0.25) is 0 Å². The number of hydrogen-bond donors (Lipinski definition) is 2. The third-order valence-corrected chi connectivity index (χ3v) is 6.25. The van der Waals surface area contributed by atoms with Crippen LogP contribution in [0, 0.1) is 0 Å². The van der Waals surface area contributed by atoms with Gasteiger partial charge < -0.3 is 14.9 Å². The molecule has 0 unspecified atom stereocenters. The fourth-order valence-electron chi connectivity index (χ4n) is 4.26. The highest BCUT2D eigenvalue weighted by Crippen LogP contribution is 2.42. The van der Waals surface area contributed by atoms with Gasteiger partial charge in [0.15, 0.2) is 11.5 Å². The van der Waals surface area contributed by atoms with Gasteiger partial charge in [-0.2, -0.15) is 0 Å². The van der Waals surface area contributed by atoms with Gasteiger partial charge in [0, 0.05) is 5.56 Å². The van der Waals surface area contributed by atoms with Crippen molar-refractivity contribution in [2.24, 2.45) is 0 Å². The highest BCUT2D eigenvalue weighted by atomic mass is 16.5. The fourth-order valence-corrected chi connectivity index (χ4v) is 4.26. The quantitative estimate of drug-likeness (QED) is 0.159.